The molecule has 0 bridgehead atoms. The molecular formula is C13H13F4NO3. The number of nitrogens with one attached hydrogen (secondary N) is 1. The topological polar surface area (TPSA) is 66.4 Å². The van der Waals surface area contributed by atoms with Crippen molar-refractivity contribution >= 4 is 11.9 Å². The van der Waals surface area contributed by atoms with Gasteiger partial charge in [0.1, 0.15) is 5.56 Å². The second-order valence-corrected chi connectivity index (χ2v) is 4.75. The Balaban J connectivity index is 3.27. The van der Waals surface area contributed by atoms with Gasteiger partial charge in [-0.2, -0.15) is 0 Å². The third kappa shape index (κ3) is 3.50. The molecule has 2 N–H and O–H groups in total. The first kappa shape index (κ1) is 16.9. The van der Waals surface area contributed by atoms with E-state index >= 15 is 0 Å². The number of rotatable bonds is 5. The molecule has 0 saturated heterocycles. The van der Waals surface area contributed by atoms with Gasteiger partial charge in [0, 0.05) is 6.54 Å². The standard InChI is InChI=1S/C13H13F4NO3/c1-5(2)3-4-18-12(19)6-7(13(20)21)9(15)11(17)10(16)8(6)14/h5H,3-4H2,1-2H3,(H,18,19)(H,20,21). The van der Waals surface area contributed by atoms with E-state index in [0.29, 0.717) is 6.42 Å². The molecule has 0 aliphatic heterocycles. The average Bonchev–Trinajstić information content (AvgIpc) is 2.39. The molecule has 0 spiro atoms. The predicted molar refractivity (Wildman–Crippen MR) is 65.0 cm³/mol. The fourth-order valence-electron chi connectivity index (χ4n) is 1.61. The first-order chi connectivity index (χ1) is 9.68. The van der Waals surface area contributed by atoms with Crippen LogP contribution in [0, 0.1) is 29.2 Å². The third-order valence-electron chi connectivity index (χ3n) is 2.72. The van der Waals surface area contributed by atoms with Crippen molar-refractivity contribution in [1.29, 1.82) is 0 Å². The first-order valence-corrected chi connectivity index (χ1v) is 6.05. The maximum absolute atomic E-state index is 13.6. The maximum atomic E-state index is 13.6. The van der Waals surface area contributed by atoms with E-state index < -0.39 is 46.3 Å². The molecule has 116 valence electrons. The molecular weight excluding hydrogens is 294 g/mol. The first-order valence-electron chi connectivity index (χ1n) is 6.05. The van der Waals surface area contributed by atoms with E-state index in [-0.39, 0.29) is 12.5 Å². The van der Waals surface area contributed by atoms with Gasteiger partial charge in [-0.1, -0.05) is 13.8 Å². The van der Waals surface area contributed by atoms with Crippen LogP contribution in [0.15, 0.2) is 0 Å². The number of hydrogen-bond donors (Lipinski definition) is 2. The van der Waals surface area contributed by atoms with Gasteiger partial charge < -0.3 is 10.4 Å². The highest BCUT2D eigenvalue weighted by Gasteiger charge is 2.32. The smallest absolute Gasteiger partial charge is 0.339 e. The Morgan fingerprint density at radius 1 is 1.00 bits per heavy atom. The predicted octanol–water partition coefficient (Wildman–Crippen LogP) is 2.72. The summed E-state index contributed by atoms with van der Waals surface area (Å²) in [6.45, 7) is 3.73. The zero-order valence-corrected chi connectivity index (χ0v) is 11.3. The number of benzene rings is 1. The van der Waals surface area contributed by atoms with Crippen molar-refractivity contribution in [2.45, 2.75) is 20.3 Å². The number of carbonyl (C=O) groups is 2. The van der Waals surface area contributed by atoms with Gasteiger partial charge in [-0.25, -0.2) is 22.4 Å². The Hall–Kier alpha value is -2.12. The molecule has 0 atom stereocenters. The number of amides is 1. The number of aromatic carboxylic acids is 1. The molecule has 0 heterocycles. The van der Waals surface area contributed by atoms with Gasteiger partial charge in [-0.15, -0.1) is 0 Å². The fourth-order valence-corrected chi connectivity index (χ4v) is 1.61. The van der Waals surface area contributed by atoms with Crippen molar-refractivity contribution in [2.75, 3.05) is 6.54 Å². The molecule has 4 nitrogen and oxygen atoms in total. The van der Waals surface area contributed by atoms with Gasteiger partial charge in [-0.3, -0.25) is 4.79 Å². The zero-order chi connectivity index (χ0) is 16.3. The third-order valence-corrected chi connectivity index (χ3v) is 2.72. The summed E-state index contributed by atoms with van der Waals surface area (Å²) in [5, 5.41) is 10.9. The molecule has 1 aromatic rings. The highest BCUT2D eigenvalue weighted by atomic mass is 19.2. The molecule has 21 heavy (non-hydrogen) atoms. The summed E-state index contributed by atoms with van der Waals surface area (Å²) in [5.74, 6) is -11.8. The summed E-state index contributed by atoms with van der Waals surface area (Å²) >= 11 is 0. The molecule has 0 saturated carbocycles. The van der Waals surface area contributed by atoms with Gasteiger partial charge in [0.15, 0.2) is 23.3 Å². The van der Waals surface area contributed by atoms with Gasteiger partial charge in [0.25, 0.3) is 5.91 Å². The summed E-state index contributed by atoms with van der Waals surface area (Å²) < 4.78 is 53.2. The molecule has 8 heteroatoms. The lowest BCUT2D eigenvalue weighted by Crippen LogP contribution is -2.29. The minimum Gasteiger partial charge on any atom is -0.478 e. The summed E-state index contributed by atoms with van der Waals surface area (Å²) in [6, 6.07) is 0. The van der Waals surface area contributed by atoms with Crippen LogP contribution in [0.5, 0.6) is 0 Å². The van der Waals surface area contributed by atoms with Crippen LogP contribution < -0.4 is 5.32 Å². The van der Waals surface area contributed by atoms with Crippen LogP contribution in [-0.2, 0) is 0 Å². The van der Waals surface area contributed by atoms with Gasteiger partial charge in [0.2, 0.25) is 0 Å². The van der Waals surface area contributed by atoms with E-state index in [1.807, 2.05) is 13.8 Å². The molecule has 0 aromatic heterocycles. The van der Waals surface area contributed by atoms with E-state index in [9.17, 15) is 27.2 Å². The number of carboxylic acid groups (broad SMARTS) is 1. The normalized spacial score (nSPS) is 10.8. The van der Waals surface area contributed by atoms with Crippen LogP contribution in [0.1, 0.15) is 41.0 Å². The van der Waals surface area contributed by atoms with Crippen molar-refractivity contribution in [3.05, 3.63) is 34.4 Å². The Bertz CT molecular complexity index is 588. The van der Waals surface area contributed by atoms with Gasteiger partial charge >= 0.3 is 5.97 Å². The molecule has 0 radical (unpaired) electrons. The quantitative estimate of drug-likeness (QED) is 0.499. The zero-order valence-electron chi connectivity index (χ0n) is 11.3. The molecule has 0 aliphatic carbocycles. The van der Waals surface area contributed by atoms with Crippen LogP contribution in [-0.4, -0.2) is 23.5 Å². The number of carbonyl (C=O) groups excluding carboxylic acids is 1. The van der Waals surface area contributed by atoms with E-state index in [0.717, 1.165) is 0 Å². The van der Waals surface area contributed by atoms with Gasteiger partial charge in [-0.05, 0) is 12.3 Å². The lowest BCUT2D eigenvalue weighted by Gasteiger charge is -2.11. The molecule has 0 unspecified atom stereocenters. The minimum absolute atomic E-state index is 0.0512. The fraction of sp³-hybridized carbons (Fsp3) is 0.385. The van der Waals surface area contributed by atoms with Crippen LogP contribution in [0.4, 0.5) is 17.6 Å². The molecule has 0 aliphatic rings. The van der Waals surface area contributed by atoms with Crippen LogP contribution >= 0.6 is 0 Å². The number of hydrogen-bond acceptors (Lipinski definition) is 2. The van der Waals surface area contributed by atoms with E-state index in [4.69, 9.17) is 5.11 Å². The summed E-state index contributed by atoms with van der Waals surface area (Å²) in [7, 11) is 0. The SMILES string of the molecule is CC(C)CCNC(=O)c1c(F)c(F)c(F)c(F)c1C(=O)O. The average molecular weight is 307 g/mol. The second kappa shape index (κ2) is 6.55. The second-order valence-electron chi connectivity index (χ2n) is 4.75. The van der Waals surface area contributed by atoms with Crippen LogP contribution in [0.25, 0.3) is 0 Å². The van der Waals surface area contributed by atoms with Crippen molar-refractivity contribution < 1.29 is 32.3 Å². The Morgan fingerprint density at radius 3 is 1.90 bits per heavy atom. The van der Waals surface area contributed by atoms with Gasteiger partial charge in [0.05, 0.1) is 5.56 Å². The highest BCUT2D eigenvalue weighted by molar-refractivity contribution is 6.05. The van der Waals surface area contributed by atoms with E-state index in [2.05, 4.69) is 5.32 Å². The summed E-state index contributed by atoms with van der Waals surface area (Å²) in [6.07, 6.45) is 0.488. The van der Waals surface area contributed by atoms with Crippen molar-refractivity contribution in [1.82, 2.24) is 5.32 Å². The number of halogens is 4. The highest BCUT2D eigenvalue weighted by Crippen LogP contribution is 2.24. The van der Waals surface area contributed by atoms with E-state index in [1.54, 1.807) is 0 Å². The molecule has 1 rings (SSSR count). The lowest BCUT2D eigenvalue weighted by molar-refractivity contribution is 0.0682. The van der Waals surface area contributed by atoms with Crippen molar-refractivity contribution in [3.63, 3.8) is 0 Å². The van der Waals surface area contributed by atoms with Crippen molar-refractivity contribution in [2.24, 2.45) is 5.92 Å². The summed E-state index contributed by atoms with van der Waals surface area (Å²) in [4.78, 5) is 22.6. The van der Waals surface area contributed by atoms with Crippen LogP contribution in [0.3, 0.4) is 0 Å². The van der Waals surface area contributed by atoms with Crippen molar-refractivity contribution in [3.8, 4) is 0 Å². The van der Waals surface area contributed by atoms with Crippen LogP contribution in [0.2, 0.25) is 0 Å². The molecule has 0 fully saturated rings. The Kier molecular flexibility index (Phi) is 5.28. The Morgan fingerprint density at radius 2 is 1.48 bits per heavy atom. The van der Waals surface area contributed by atoms with E-state index in [1.165, 1.54) is 0 Å². The lowest BCUT2D eigenvalue weighted by atomic mass is 10.0. The molecule has 1 amide bonds. The Labute approximate surface area is 117 Å². The largest absolute Gasteiger partial charge is 0.478 e. The summed E-state index contributed by atoms with van der Waals surface area (Å²) in [5.41, 5.74) is -2.89. The minimum atomic E-state index is -2.27. The molecule has 1 aromatic carbocycles. The maximum Gasteiger partial charge on any atom is 0.339 e. The number of carboxylic acids is 1. The monoisotopic (exact) mass is 307 g/mol.